The van der Waals surface area contributed by atoms with Crippen molar-refractivity contribution in [1.82, 2.24) is 24.9 Å². The van der Waals surface area contributed by atoms with Gasteiger partial charge < -0.3 is 9.64 Å². The van der Waals surface area contributed by atoms with Crippen molar-refractivity contribution >= 4 is 5.91 Å². The molecule has 2 aromatic heterocycles. The number of carbonyl (C=O) groups is 1. The van der Waals surface area contributed by atoms with Gasteiger partial charge in [-0.1, -0.05) is 0 Å². The van der Waals surface area contributed by atoms with Crippen LogP contribution < -0.4 is 4.74 Å². The zero-order chi connectivity index (χ0) is 14.7. The first-order valence-electron chi connectivity index (χ1n) is 6.93. The second-order valence-electron chi connectivity index (χ2n) is 5.08. The molecule has 3 rings (SSSR count). The Morgan fingerprint density at radius 1 is 1.43 bits per heavy atom. The van der Waals surface area contributed by atoms with E-state index >= 15 is 0 Å². The lowest BCUT2D eigenvalue weighted by molar-refractivity contribution is -0.131. The van der Waals surface area contributed by atoms with Crippen LogP contribution in [-0.4, -0.2) is 50.0 Å². The zero-order valence-electron chi connectivity index (χ0n) is 11.8. The van der Waals surface area contributed by atoms with Crippen molar-refractivity contribution < 1.29 is 9.53 Å². The molecular weight excluding hydrogens is 270 g/mol. The smallest absolute Gasteiger partial charge is 0.244 e. The Morgan fingerprint density at radius 2 is 2.33 bits per heavy atom. The molecule has 0 aliphatic carbocycles. The quantitative estimate of drug-likeness (QED) is 0.826. The number of amides is 1. The first kappa shape index (κ1) is 13.5. The standard InChI is InChI=1S/C14H17N5O2/c1-11-3-4-13(17-16-11)21-12-5-8-18(9-12)14(20)10-19-7-2-6-15-19/h2-4,6-7,12H,5,8-10H2,1H3/t12-/m0/s1. The molecular formula is C14H17N5O2. The number of aryl methyl sites for hydroxylation is 1. The maximum absolute atomic E-state index is 12.1. The van der Waals surface area contributed by atoms with Gasteiger partial charge in [0.1, 0.15) is 12.6 Å². The molecule has 2 aromatic rings. The molecule has 0 bridgehead atoms. The van der Waals surface area contributed by atoms with E-state index in [2.05, 4.69) is 15.3 Å². The Morgan fingerprint density at radius 3 is 3.05 bits per heavy atom. The topological polar surface area (TPSA) is 73.1 Å². The average Bonchev–Trinajstić information content (AvgIpc) is 3.13. The van der Waals surface area contributed by atoms with Gasteiger partial charge in [-0.15, -0.1) is 5.10 Å². The summed E-state index contributed by atoms with van der Waals surface area (Å²) in [5, 5.41) is 12.0. The lowest BCUT2D eigenvalue weighted by Gasteiger charge is -2.16. The van der Waals surface area contributed by atoms with Gasteiger partial charge in [0.2, 0.25) is 11.8 Å². The third-order valence-corrected chi connectivity index (χ3v) is 3.41. The lowest BCUT2D eigenvalue weighted by atomic mass is 10.3. The van der Waals surface area contributed by atoms with Crippen LogP contribution >= 0.6 is 0 Å². The van der Waals surface area contributed by atoms with Gasteiger partial charge in [-0.3, -0.25) is 9.48 Å². The minimum Gasteiger partial charge on any atom is -0.471 e. The average molecular weight is 287 g/mol. The maximum Gasteiger partial charge on any atom is 0.244 e. The fraction of sp³-hybridized carbons (Fsp3) is 0.429. The van der Waals surface area contributed by atoms with Crippen LogP contribution in [0.2, 0.25) is 0 Å². The minimum atomic E-state index is -0.0245. The van der Waals surface area contributed by atoms with Crippen molar-refractivity contribution in [2.75, 3.05) is 13.1 Å². The van der Waals surface area contributed by atoms with Crippen LogP contribution in [-0.2, 0) is 11.3 Å². The summed E-state index contributed by atoms with van der Waals surface area (Å²) in [5.74, 6) is 0.562. The summed E-state index contributed by atoms with van der Waals surface area (Å²) in [7, 11) is 0. The molecule has 7 heteroatoms. The third kappa shape index (κ3) is 3.36. The number of rotatable bonds is 4. The minimum absolute atomic E-state index is 0.0245. The van der Waals surface area contributed by atoms with Gasteiger partial charge in [-0.25, -0.2) is 0 Å². The summed E-state index contributed by atoms with van der Waals surface area (Å²) in [4.78, 5) is 13.9. The van der Waals surface area contributed by atoms with E-state index in [1.807, 2.05) is 13.0 Å². The SMILES string of the molecule is Cc1ccc(O[C@H]2CCN(C(=O)Cn3cccn3)C2)nn1. The predicted molar refractivity (Wildman–Crippen MR) is 74.6 cm³/mol. The van der Waals surface area contributed by atoms with Crippen LogP contribution in [0.4, 0.5) is 0 Å². The number of aromatic nitrogens is 4. The molecule has 3 heterocycles. The van der Waals surface area contributed by atoms with Crippen molar-refractivity contribution in [2.45, 2.75) is 26.0 Å². The number of hydrogen-bond donors (Lipinski definition) is 0. The fourth-order valence-corrected chi connectivity index (χ4v) is 2.30. The highest BCUT2D eigenvalue weighted by Gasteiger charge is 2.28. The first-order valence-corrected chi connectivity index (χ1v) is 6.93. The second-order valence-corrected chi connectivity index (χ2v) is 5.08. The Balaban J connectivity index is 1.53. The van der Waals surface area contributed by atoms with E-state index in [0.29, 0.717) is 19.0 Å². The van der Waals surface area contributed by atoms with Gasteiger partial charge in [0, 0.05) is 31.4 Å². The van der Waals surface area contributed by atoms with Crippen molar-refractivity contribution in [3.8, 4) is 5.88 Å². The molecule has 1 fully saturated rings. The number of likely N-dealkylation sites (tertiary alicyclic amines) is 1. The summed E-state index contributed by atoms with van der Waals surface area (Å²) in [6.45, 7) is 3.42. The summed E-state index contributed by atoms with van der Waals surface area (Å²) >= 11 is 0. The van der Waals surface area contributed by atoms with E-state index in [9.17, 15) is 4.79 Å². The Hall–Kier alpha value is -2.44. The summed E-state index contributed by atoms with van der Waals surface area (Å²) < 4.78 is 7.38. The van der Waals surface area contributed by atoms with Gasteiger partial charge in [0.05, 0.1) is 12.2 Å². The van der Waals surface area contributed by atoms with Gasteiger partial charge in [0.25, 0.3) is 0 Å². The molecule has 0 aromatic carbocycles. The fourth-order valence-electron chi connectivity index (χ4n) is 2.30. The molecule has 21 heavy (non-hydrogen) atoms. The van der Waals surface area contributed by atoms with Crippen molar-refractivity contribution in [2.24, 2.45) is 0 Å². The highest BCUT2D eigenvalue weighted by atomic mass is 16.5. The molecule has 1 amide bonds. The molecule has 0 spiro atoms. The van der Waals surface area contributed by atoms with E-state index < -0.39 is 0 Å². The Labute approximate surface area is 122 Å². The number of nitrogens with zero attached hydrogens (tertiary/aromatic N) is 5. The third-order valence-electron chi connectivity index (χ3n) is 3.41. The molecule has 110 valence electrons. The largest absolute Gasteiger partial charge is 0.471 e. The highest BCUT2D eigenvalue weighted by Crippen LogP contribution is 2.16. The number of hydrogen-bond acceptors (Lipinski definition) is 5. The summed E-state index contributed by atoms with van der Waals surface area (Å²) in [5.41, 5.74) is 0.852. The van der Waals surface area contributed by atoms with Crippen LogP contribution in [0.15, 0.2) is 30.6 Å². The van der Waals surface area contributed by atoms with Gasteiger partial charge in [-0.05, 0) is 19.1 Å². The van der Waals surface area contributed by atoms with E-state index in [1.54, 1.807) is 34.1 Å². The van der Waals surface area contributed by atoms with E-state index in [1.165, 1.54) is 0 Å². The normalized spacial score (nSPS) is 18.0. The molecule has 0 radical (unpaired) electrons. The molecule has 1 aliphatic heterocycles. The number of ether oxygens (including phenoxy) is 1. The van der Waals surface area contributed by atoms with Crippen LogP contribution in [0.25, 0.3) is 0 Å². The summed E-state index contributed by atoms with van der Waals surface area (Å²) in [6, 6.07) is 5.47. The molecule has 1 atom stereocenters. The zero-order valence-corrected chi connectivity index (χ0v) is 11.8. The van der Waals surface area contributed by atoms with E-state index in [0.717, 1.165) is 12.1 Å². The monoisotopic (exact) mass is 287 g/mol. The van der Waals surface area contributed by atoms with Gasteiger partial charge in [-0.2, -0.15) is 10.2 Å². The second kappa shape index (κ2) is 5.90. The highest BCUT2D eigenvalue weighted by molar-refractivity contribution is 5.76. The van der Waals surface area contributed by atoms with Crippen LogP contribution in [0.1, 0.15) is 12.1 Å². The number of carbonyl (C=O) groups excluding carboxylic acids is 1. The van der Waals surface area contributed by atoms with E-state index in [4.69, 9.17) is 4.74 Å². The molecule has 7 nitrogen and oxygen atoms in total. The van der Waals surface area contributed by atoms with Gasteiger partial charge >= 0.3 is 0 Å². The van der Waals surface area contributed by atoms with Crippen LogP contribution in [0, 0.1) is 6.92 Å². The Kier molecular flexibility index (Phi) is 3.81. The van der Waals surface area contributed by atoms with Crippen LogP contribution in [0.5, 0.6) is 5.88 Å². The van der Waals surface area contributed by atoms with Crippen molar-refractivity contribution in [3.63, 3.8) is 0 Å². The van der Waals surface area contributed by atoms with E-state index in [-0.39, 0.29) is 18.6 Å². The van der Waals surface area contributed by atoms with Crippen LogP contribution in [0.3, 0.4) is 0 Å². The predicted octanol–water partition coefficient (Wildman–Crippen LogP) is 0.661. The lowest BCUT2D eigenvalue weighted by Crippen LogP contribution is -2.33. The molecule has 0 unspecified atom stereocenters. The molecule has 0 N–H and O–H groups in total. The van der Waals surface area contributed by atoms with Gasteiger partial charge in [0.15, 0.2) is 0 Å². The molecule has 1 saturated heterocycles. The first-order chi connectivity index (χ1) is 10.2. The molecule has 1 aliphatic rings. The Bertz CT molecular complexity index is 596. The van der Waals surface area contributed by atoms with Crippen molar-refractivity contribution in [1.29, 1.82) is 0 Å². The summed E-state index contributed by atoms with van der Waals surface area (Å²) in [6.07, 6.45) is 4.23. The molecule has 0 saturated carbocycles. The van der Waals surface area contributed by atoms with Crippen molar-refractivity contribution in [3.05, 3.63) is 36.3 Å². The maximum atomic E-state index is 12.1.